The highest BCUT2D eigenvalue weighted by atomic mass is 32.2. The quantitative estimate of drug-likeness (QED) is 0.318. The highest BCUT2D eigenvalue weighted by molar-refractivity contribution is 7.90. The first kappa shape index (κ1) is 25.0. The van der Waals surface area contributed by atoms with Gasteiger partial charge in [-0.3, -0.25) is 0 Å². The lowest BCUT2D eigenvalue weighted by Gasteiger charge is -2.29. The van der Waals surface area contributed by atoms with Gasteiger partial charge in [0.1, 0.15) is 17.5 Å². The van der Waals surface area contributed by atoms with Crippen LogP contribution in [0.3, 0.4) is 0 Å². The molecule has 5 aromatic rings. The van der Waals surface area contributed by atoms with Crippen molar-refractivity contribution >= 4 is 43.6 Å². The fourth-order valence-corrected chi connectivity index (χ4v) is 7.30. The zero-order valence-electron chi connectivity index (χ0n) is 22.0. The number of fused-ring (bicyclic) bond motifs is 4. The summed E-state index contributed by atoms with van der Waals surface area (Å²) in [6, 6.07) is 19.1. The van der Waals surface area contributed by atoms with Crippen LogP contribution in [0.1, 0.15) is 16.8 Å². The van der Waals surface area contributed by atoms with Crippen molar-refractivity contribution in [3.63, 3.8) is 0 Å². The van der Waals surface area contributed by atoms with Crippen molar-refractivity contribution in [2.45, 2.75) is 24.8 Å². The minimum atomic E-state index is -3.93. The maximum absolute atomic E-state index is 14.4. The van der Waals surface area contributed by atoms with Crippen LogP contribution >= 0.6 is 0 Å². The maximum atomic E-state index is 14.4. The molecule has 1 saturated heterocycles. The Morgan fingerprint density at radius 3 is 2.20 bits per heavy atom. The Bertz CT molecular complexity index is 1860. The predicted octanol–water partition coefficient (Wildman–Crippen LogP) is 4.67. The zero-order chi connectivity index (χ0) is 27.4. The monoisotopic (exact) mass is 557 g/mol. The van der Waals surface area contributed by atoms with E-state index < -0.39 is 15.8 Å². The minimum Gasteiger partial charge on any atom is -0.378 e. The number of nitrogens with zero attached hydrogens (tertiary/aromatic N) is 5. The summed E-state index contributed by atoms with van der Waals surface area (Å²) in [5.41, 5.74) is 4.51. The summed E-state index contributed by atoms with van der Waals surface area (Å²) in [7, 11) is -3.93. The molecule has 0 spiro atoms. The molecule has 10 heteroatoms. The molecule has 0 atom stereocenters. The van der Waals surface area contributed by atoms with Crippen molar-refractivity contribution in [2.24, 2.45) is 0 Å². The van der Waals surface area contributed by atoms with Gasteiger partial charge in [-0.25, -0.2) is 26.7 Å². The number of pyridine rings is 2. The van der Waals surface area contributed by atoms with E-state index in [1.165, 1.54) is 16.1 Å². The number of halogens is 1. The average molecular weight is 558 g/mol. The number of ether oxygens (including phenoxy) is 1. The third-order valence-electron chi connectivity index (χ3n) is 7.80. The Balaban J connectivity index is 1.26. The number of aryl methyl sites for hydroxylation is 1. The van der Waals surface area contributed by atoms with E-state index in [2.05, 4.69) is 9.80 Å². The zero-order valence-corrected chi connectivity index (χ0v) is 22.9. The van der Waals surface area contributed by atoms with Crippen molar-refractivity contribution in [1.29, 1.82) is 0 Å². The second-order valence-electron chi connectivity index (χ2n) is 10.3. The second-order valence-corrected chi connectivity index (χ2v) is 12.1. The SMILES string of the molecule is Cc1ccc(S(=O)(=O)n2c3c(c4ccc(F)cc42)CN(c2ccc4nc(N5CCOCC5)ccc4n2)CC3)cc1. The lowest BCUT2D eigenvalue weighted by atomic mass is 10.0. The summed E-state index contributed by atoms with van der Waals surface area (Å²) in [5.74, 6) is 1.24. The van der Waals surface area contributed by atoms with E-state index in [1.807, 2.05) is 31.2 Å². The van der Waals surface area contributed by atoms with Gasteiger partial charge < -0.3 is 14.5 Å². The molecule has 204 valence electrons. The van der Waals surface area contributed by atoms with Gasteiger partial charge in [-0.15, -0.1) is 0 Å². The number of hydrogen-bond acceptors (Lipinski definition) is 7. The Morgan fingerprint density at radius 2 is 1.50 bits per heavy atom. The Hall–Kier alpha value is -4.02. The number of rotatable bonds is 4. The van der Waals surface area contributed by atoms with Crippen molar-refractivity contribution in [3.8, 4) is 0 Å². The summed E-state index contributed by atoms with van der Waals surface area (Å²) >= 11 is 0. The molecule has 0 bridgehead atoms. The van der Waals surface area contributed by atoms with E-state index in [1.54, 1.807) is 30.3 Å². The molecule has 0 saturated carbocycles. The molecule has 40 heavy (non-hydrogen) atoms. The molecule has 0 aliphatic carbocycles. The number of anilines is 2. The van der Waals surface area contributed by atoms with Gasteiger partial charge in [0.05, 0.1) is 34.7 Å². The maximum Gasteiger partial charge on any atom is 0.268 e. The summed E-state index contributed by atoms with van der Waals surface area (Å²) < 4.78 is 48.9. The third kappa shape index (κ3) is 4.18. The Morgan fingerprint density at radius 1 is 0.825 bits per heavy atom. The molecule has 0 unspecified atom stereocenters. The number of hydrogen-bond donors (Lipinski definition) is 0. The first-order valence-corrected chi connectivity index (χ1v) is 14.8. The molecule has 0 radical (unpaired) electrons. The van der Waals surface area contributed by atoms with Gasteiger partial charge in [0.15, 0.2) is 0 Å². The summed E-state index contributed by atoms with van der Waals surface area (Å²) in [5, 5.41) is 0.731. The standard InChI is InChI=1S/C30H28FN5O3S/c1-20-2-5-22(6-3-20)40(37,38)36-27-12-13-35(19-24(27)23-7-4-21(31)18-28(23)36)30-11-9-25-26(33-30)8-10-29(32-25)34-14-16-39-17-15-34/h2-11,18H,12-17,19H2,1H3. The van der Waals surface area contributed by atoms with Crippen LogP contribution < -0.4 is 9.80 Å². The van der Waals surface area contributed by atoms with E-state index in [0.29, 0.717) is 43.9 Å². The topological polar surface area (TPSA) is 80.6 Å². The van der Waals surface area contributed by atoms with Gasteiger partial charge in [-0.2, -0.15) is 0 Å². The highest BCUT2D eigenvalue weighted by Gasteiger charge is 2.31. The largest absolute Gasteiger partial charge is 0.378 e. The van der Waals surface area contributed by atoms with Gasteiger partial charge >= 0.3 is 0 Å². The fourth-order valence-electron chi connectivity index (χ4n) is 5.71. The van der Waals surface area contributed by atoms with Gasteiger partial charge in [-0.05, 0) is 61.5 Å². The lowest BCUT2D eigenvalue weighted by molar-refractivity contribution is 0.122. The second kappa shape index (κ2) is 9.57. The van der Waals surface area contributed by atoms with E-state index >= 15 is 0 Å². The van der Waals surface area contributed by atoms with E-state index in [9.17, 15) is 12.8 Å². The summed E-state index contributed by atoms with van der Waals surface area (Å²) in [6.45, 7) is 5.98. The average Bonchev–Trinajstić information content (AvgIpc) is 3.30. The van der Waals surface area contributed by atoms with Crippen molar-refractivity contribution in [1.82, 2.24) is 13.9 Å². The number of benzene rings is 2. The molecule has 8 nitrogen and oxygen atoms in total. The van der Waals surface area contributed by atoms with Gasteiger partial charge in [0, 0.05) is 49.2 Å². The first-order chi connectivity index (χ1) is 19.4. The van der Waals surface area contributed by atoms with E-state index in [4.69, 9.17) is 14.7 Å². The van der Waals surface area contributed by atoms with Crippen molar-refractivity contribution < 1.29 is 17.5 Å². The first-order valence-electron chi connectivity index (χ1n) is 13.4. The van der Waals surface area contributed by atoms with Crippen LogP contribution in [0, 0.1) is 12.7 Å². The predicted molar refractivity (Wildman–Crippen MR) is 153 cm³/mol. The Labute approximate surface area is 231 Å². The van der Waals surface area contributed by atoms with Crippen LogP contribution in [-0.4, -0.2) is 55.2 Å². The number of morpholine rings is 1. The van der Waals surface area contributed by atoms with Crippen LogP contribution in [0.4, 0.5) is 16.0 Å². The fraction of sp³-hybridized carbons (Fsp3) is 0.267. The van der Waals surface area contributed by atoms with E-state index in [0.717, 1.165) is 52.3 Å². The molecule has 7 rings (SSSR count). The minimum absolute atomic E-state index is 0.185. The van der Waals surface area contributed by atoms with Gasteiger partial charge in [0.2, 0.25) is 0 Å². The smallest absolute Gasteiger partial charge is 0.268 e. The van der Waals surface area contributed by atoms with Crippen molar-refractivity contribution in [2.75, 3.05) is 42.6 Å². The van der Waals surface area contributed by atoms with Crippen LogP contribution in [0.25, 0.3) is 21.9 Å². The third-order valence-corrected chi connectivity index (χ3v) is 9.56. The molecule has 2 aliphatic heterocycles. The lowest BCUT2D eigenvalue weighted by Crippen LogP contribution is -2.36. The van der Waals surface area contributed by atoms with Crippen molar-refractivity contribution in [3.05, 3.63) is 89.4 Å². The molecule has 1 fully saturated rings. The number of aromatic nitrogens is 3. The van der Waals surface area contributed by atoms with Gasteiger partial charge in [-0.1, -0.05) is 17.7 Å². The van der Waals surface area contributed by atoms with Crippen LogP contribution in [0.2, 0.25) is 0 Å². The molecule has 2 aromatic carbocycles. The summed E-state index contributed by atoms with van der Waals surface area (Å²) in [6.07, 6.45) is 0.477. The molecule has 3 aromatic heterocycles. The Kier molecular flexibility index (Phi) is 5.97. The normalized spacial score (nSPS) is 16.1. The summed E-state index contributed by atoms with van der Waals surface area (Å²) in [4.78, 5) is 14.3. The molecule has 0 N–H and O–H groups in total. The van der Waals surface area contributed by atoms with Crippen LogP contribution in [-0.2, 0) is 27.7 Å². The van der Waals surface area contributed by atoms with Crippen LogP contribution in [0.15, 0.2) is 71.6 Å². The molecular weight excluding hydrogens is 529 g/mol. The van der Waals surface area contributed by atoms with Crippen LogP contribution in [0.5, 0.6) is 0 Å². The van der Waals surface area contributed by atoms with E-state index in [-0.39, 0.29) is 4.90 Å². The molecule has 5 heterocycles. The molecule has 0 amide bonds. The highest BCUT2D eigenvalue weighted by Crippen LogP contribution is 2.36. The van der Waals surface area contributed by atoms with Gasteiger partial charge in [0.25, 0.3) is 10.0 Å². The molecule has 2 aliphatic rings. The molecular formula is C30H28FN5O3S.